The summed E-state index contributed by atoms with van der Waals surface area (Å²) in [5, 5.41) is 0. The molecule has 1 aromatic carbocycles. The normalized spacial score (nSPS) is 20.6. The molecule has 1 aromatic rings. The Kier molecular flexibility index (Phi) is 3.88. The molecular weight excluding hydrogens is 248 g/mol. The first kappa shape index (κ1) is 13.3. The van der Waals surface area contributed by atoms with Crippen molar-refractivity contribution in [3.63, 3.8) is 0 Å². The van der Waals surface area contributed by atoms with E-state index in [2.05, 4.69) is 37.3 Å². The summed E-state index contributed by atoms with van der Waals surface area (Å²) in [6, 6.07) is 8.41. The molecule has 0 fully saturated rings. The number of hydrogen-bond donors (Lipinski definition) is 0. The van der Waals surface area contributed by atoms with Crippen LogP contribution in [0.5, 0.6) is 0 Å². The molecule has 0 aromatic heterocycles. The lowest BCUT2D eigenvalue weighted by Crippen LogP contribution is -2.19. The minimum absolute atomic E-state index is 0.200. The Morgan fingerprint density at radius 2 is 1.89 bits per heavy atom. The number of aryl methyl sites for hydroxylation is 1. The van der Waals surface area contributed by atoms with Crippen LogP contribution in [-0.2, 0) is 14.3 Å². The molecule has 4 heteroatoms. The molecule has 1 aliphatic carbocycles. The summed E-state index contributed by atoms with van der Waals surface area (Å²) < 4.78 is 27.1. The third-order valence-electron chi connectivity index (χ3n) is 3.10. The fraction of sp³-hybridized carbons (Fsp3) is 0.429. The lowest BCUT2D eigenvalue weighted by Gasteiger charge is -2.21. The highest BCUT2D eigenvalue weighted by Crippen LogP contribution is 2.28. The fourth-order valence-corrected chi connectivity index (χ4v) is 2.84. The van der Waals surface area contributed by atoms with Crippen molar-refractivity contribution in [2.75, 3.05) is 6.26 Å². The van der Waals surface area contributed by atoms with E-state index in [4.69, 9.17) is 4.18 Å². The van der Waals surface area contributed by atoms with Gasteiger partial charge in [-0.15, -0.1) is 0 Å². The van der Waals surface area contributed by atoms with Gasteiger partial charge in [0, 0.05) is 0 Å². The topological polar surface area (TPSA) is 43.4 Å². The molecular formula is C14H18O3S. The molecule has 0 aliphatic heterocycles. The Morgan fingerprint density at radius 1 is 1.22 bits per heavy atom. The monoisotopic (exact) mass is 266 g/mol. The van der Waals surface area contributed by atoms with Gasteiger partial charge in [0.1, 0.15) is 0 Å². The van der Waals surface area contributed by atoms with Crippen LogP contribution in [0, 0.1) is 6.92 Å². The first-order chi connectivity index (χ1) is 8.44. The van der Waals surface area contributed by atoms with E-state index in [9.17, 15) is 8.42 Å². The smallest absolute Gasteiger partial charge is 0.264 e. The summed E-state index contributed by atoms with van der Waals surface area (Å²) >= 11 is 0. The maximum absolute atomic E-state index is 11.0. The second-order valence-corrected chi connectivity index (χ2v) is 6.39. The van der Waals surface area contributed by atoms with Gasteiger partial charge >= 0.3 is 0 Å². The molecule has 18 heavy (non-hydrogen) atoms. The largest absolute Gasteiger partial charge is 0.267 e. The number of benzene rings is 1. The van der Waals surface area contributed by atoms with E-state index in [0.29, 0.717) is 6.42 Å². The van der Waals surface area contributed by atoms with Gasteiger partial charge in [0.25, 0.3) is 10.1 Å². The average Bonchev–Trinajstić information content (AvgIpc) is 2.29. The number of hydrogen-bond acceptors (Lipinski definition) is 3. The van der Waals surface area contributed by atoms with Crippen molar-refractivity contribution in [2.24, 2.45) is 0 Å². The summed E-state index contributed by atoms with van der Waals surface area (Å²) in [4.78, 5) is 0. The van der Waals surface area contributed by atoms with Crippen LogP contribution in [0.3, 0.4) is 0 Å². The van der Waals surface area contributed by atoms with E-state index in [1.807, 2.05) is 0 Å². The Hall–Kier alpha value is -1.13. The molecule has 0 heterocycles. The van der Waals surface area contributed by atoms with Gasteiger partial charge in [0.05, 0.1) is 12.4 Å². The molecule has 2 rings (SSSR count). The molecule has 0 radical (unpaired) electrons. The summed E-state index contributed by atoms with van der Waals surface area (Å²) in [5.74, 6) is 0. The van der Waals surface area contributed by atoms with Crippen molar-refractivity contribution in [1.82, 2.24) is 0 Å². The lowest BCUT2D eigenvalue weighted by atomic mass is 9.92. The van der Waals surface area contributed by atoms with Gasteiger partial charge in [-0.2, -0.15) is 8.42 Å². The third-order valence-corrected chi connectivity index (χ3v) is 3.72. The van der Waals surface area contributed by atoms with E-state index in [0.717, 1.165) is 19.1 Å². The van der Waals surface area contributed by atoms with Crippen molar-refractivity contribution < 1.29 is 12.6 Å². The highest BCUT2D eigenvalue weighted by Gasteiger charge is 2.19. The molecule has 0 unspecified atom stereocenters. The Labute approximate surface area is 109 Å². The van der Waals surface area contributed by atoms with E-state index < -0.39 is 10.1 Å². The second-order valence-electron chi connectivity index (χ2n) is 4.79. The van der Waals surface area contributed by atoms with Crippen LogP contribution in [0.15, 0.2) is 30.3 Å². The van der Waals surface area contributed by atoms with Gasteiger partial charge in [0.2, 0.25) is 0 Å². The fourth-order valence-electron chi connectivity index (χ4n) is 2.17. The quantitative estimate of drug-likeness (QED) is 0.790. The van der Waals surface area contributed by atoms with E-state index in [1.165, 1.54) is 16.7 Å². The second kappa shape index (κ2) is 5.24. The SMILES string of the molecule is Cc1ccc(C2=CC[C@@H](OS(C)(=O)=O)CC2)cc1. The Bertz CT molecular complexity index is 541. The number of rotatable bonds is 3. The zero-order valence-corrected chi connectivity index (χ0v) is 11.5. The first-order valence-corrected chi connectivity index (χ1v) is 7.90. The molecule has 98 valence electrons. The van der Waals surface area contributed by atoms with Crippen molar-refractivity contribution in [1.29, 1.82) is 0 Å². The molecule has 0 spiro atoms. The molecule has 0 bridgehead atoms. The molecule has 0 saturated carbocycles. The maximum atomic E-state index is 11.0. The lowest BCUT2D eigenvalue weighted by molar-refractivity contribution is 0.202. The van der Waals surface area contributed by atoms with Gasteiger partial charge in [-0.05, 0) is 37.3 Å². The summed E-state index contributed by atoms with van der Waals surface area (Å²) in [6.07, 6.45) is 5.27. The Morgan fingerprint density at radius 3 is 2.39 bits per heavy atom. The van der Waals surface area contributed by atoms with Crippen LogP contribution >= 0.6 is 0 Å². The van der Waals surface area contributed by atoms with Crippen LogP contribution in [0.1, 0.15) is 30.4 Å². The van der Waals surface area contributed by atoms with Gasteiger partial charge in [0.15, 0.2) is 0 Å². The predicted octanol–water partition coefficient (Wildman–Crippen LogP) is 2.91. The van der Waals surface area contributed by atoms with Gasteiger partial charge in [-0.3, -0.25) is 4.18 Å². The minimum atomic E-state index is -3.34. The van der Waals surface area contributed by atoms with Crippen LogP contribution in [0.4, 0.5) is 0 Å². The van der Waals surface area contributed by atoms with E-state index in [1.54, 1.807) is 0 Å². The molecule has 1 atom stereocenters. The van der Waals surface area contributed by atoms with Crippen molar-refractivity contribution in [3.05, 3.63) is 41.5 Å². The molecule has 3 nitrogen and oxygen atoms in total. The van der Waals surface area contributed by atoms with Crippen molar-refractivity contribution in [2.45, 2.75) is 32.3 Å². The third kappa shape index (κ3) is 3.68. The predicted molar refractivity (Wildman–Crippen MR) is 72.7 cm³/mol. The zero-order valence-electron chi connectivity index (χ0n) is 10.7. The van der Waals surface area contributed by atoms with Crippen molar-refractivity contribution in [3.8, 4) is 0 Å². The van der Waals surface area contributed by atoms with Gasteiger partial charge in [-0.25, -0.2) is 0 Å². The molecule has 0 amide bonds. The molecule has 0 N–H and O–H groups in total. The van der Waals surface area contributed by atoms with Crippen LogP contribution in [-0.4, -0.2) is 20.8 Å². The van der Waals surface area contributed by atoms with Crippen LogP contribution < -0.4 is 0 Å². The summed E-state index contributed by atoms with van der Waals surface area (Å²) in [6.45, 7) is 2.06. The summed E-state index contributed by atoms with van der Waals surface area (Å²) in [5.41, 5.74) is 3.75. The minimum Gasteiger partial charge on any atom is -0.267 e. The maximum Gasteiger partial charge on any atom is 0.264 e. The van der Waals surface area contributed by atoms with Crippen LogP contribution in [0.25, 0.3) is 5.57 Å². The Balaban J connectivity index is 2.05. The molecule has 0 saturated heterocycles. The van der Waals surface area contributed by atoms with E-state index in [-0.39, 0.29) is 6.10 Å². The van der Waals surface area contributed by atoms with Gasteiger partial charge in [-0.1, -0.05) is 35.9 Å². The number of allylic oxidation sites excluding steroid dienone is 1. The first-order valence-electron chi connectivity index (χ1n) is 6.08. The average molecular weight is 266 g/mol. The van der Waals surface area contributed by atoms with Crippen molar-refractivity contribution >= 4 is 15.7 Å². The highest BCUT2D eigenvalue weighted by molar-refractivity contribution is 7.86. The standard InChI is InChI=1S/C14H18O3S/c1-11-3-5-12(6-4-11)13-7-9-14(10-8-13)17-18(2,15)16/h3-7,14H,8-10H2,1-2H3/t14-/m1/s1. The van der Waals surface area contributed by atoms with Gasteiger partial charge < -0.3 is 0 Å². The molecule has 1 aliphatic rings. The van der Waals surface area contributed by atoms with Crippen LogP contribution in [0.2, 0.25) is 0 Å². The zero-order chi connectivity index (χ0) is 13.2. The summed E-state index contributed by atoms with van der Waals surface area (Å²) in [7, 11) is -3.34. The van der Waals surface area contributed by atoms with E-state index >= 15 is 0 Å². The highest BCUT2D eigenvalue weighted by atomic mass is 32.2.